The monoisotopic (exact) mass is 379 g/mol. The predicted molar refractivity (Wildman–Crippen MR) is 112 cm³/mol. The molecule has 2 fully saturated rings. The van der Waals surface area contributed by atoms with Gasteiger partial charge in [-0.15, -0.1) is 0 Å². The van der Waals surface area contributed by atoms with Crippen molar-refractivity contribution in [1.29, 1.82) is 0 Å². The molecule has 0 aromatic heterocycles. The Labute approximate surface area is 167 Å². The number of carbonyl (C=O) groups is 1. The lowest BCUT2D eigenvalue weighted by Gasteiger charge is -2.37. The Hall–Kier alpha value is -2.53. The average Bonchev–Trinajstić information content (AvgIpc) is 3.22. The highest BCUT2D eigenvalue weighted by atomic mass is 16.5. The first-order chi connectivity index (χ1) is 13.7. The van der Waals surface area contributed by atoms with E-state index in [1.807, 2.05) is 23.1 Å². The normalized spacial score (nSPS) is 20.4. The van der Waals surface area contributed by atoms with Gasteiger partial charge in [-0.25, -0.2) is 0 Å². The number of methoxy groups -OCH3 is 1. The molecule has 28 heavy (non-hydrogen) atoms. The van der Waals surface area contributed by atoms with Gasteiger partial charge in [-0.05, 0) is 49.2 Å². The Bertz CT molecular complexity index is 787. The summed E-state index contributed by atoms with van der Waals surface area (Å²) in [4.78, 5) is 19.7. The Morgan fingerprint density at radius 1 is 1.00 bits per heavy atom. The molecule has 2 aromatic rings. The summed E-state index contributed by atoms with van der Waals surface area (Å²) in [5, 5.41) is 0. The van der Waals surface area contributed by atoms with Crippen molar-refractivity contribution in [3.8, 4) is 5.75 Å². The average molecular weight is 380 g/mol. The molecule has 5 heteroatoms. The van der Waals surface area contributed by atoms with Crippen LogP contribution in [0.2, 0.25) is 0 Å². The zero-order valence-corrected chi connectivity index (χ0v) is 16.6. The van der Waals surface area contributed by atoms with Gasteiger partial charge in [0.2, 0.25) is 5.91 Å². The molecular weight excluding hydrogens is 350 g/mol. The van der Waals surface area contributed by atoms with E-state index < -0.39 is 0 Å². The van der Waals surface area contributed by atoms with Crippen molar-refractivity contribution in [2.24, 2.45) is 0 Å². The van der Waals surface area contributed by atoms with Gasteiger partial charge < -0.3 is 14.5 Å². The van der Waals surface area contributed by atoms with Crippen LogP contribution in [0, 0.1) is 0 Å². The van der Waals surface area contributed by atoms with E-state index in [0.29, 0.717) is 12.6 Å². The number of piperazine rings is 1. The van der Waals surface area contributed by atoms with Crippen LogP contribution >= 0.6 is 0 Å². The third-order valence-corrected chi connectivity index (χ3v) is 5.93. The maximum absolute atomic E-state index is 12.9. The first-order valence-electron chi connectivity index (χ1n) is 10.2. The van der Waals surface area contributed by atoms with Crippen molar-refractivity contribution < 1.29 is 9.53 Å². The Balaban J connectivity index is 1.34. The minimum atomic E-state index is 0.252. The van der Waals surface area contributed by atoms with Gasteiger partial charge in [0.25, 0.3) is 0 Å². The molecule has 4 rings (SSSR count). The number of hydrogen-bond acceptors (Lipinski definition) is 4. The topological polar surface area (TPSA) is 36.0 Å². The number of ether oxygens (including phenoxy) is 1. The molecule has 2 aliphatic heterocycles. The fourth-order valence-electron chi connectivity index (χ4n) is 4.37. The molecule has 0 aliphatic carbocycles. The lowest BCUT2D eigenvalue weighted by atomic mass is 10.0. The predicted octanol–water partition coefficient (Wildman–Crippen LogP) is 3.18. The van der Waals surface area contributed by atoms with Crippen molar-refractivity contribution in [2.75, 3.05) is 51.3 Å². The molecule has 2 saturated heterocycles. The lowest BCUT2D eigenvalue weighted by molar-refractivity contribution is -0.133. The van der Waals surface area contributed by atoms with Crippen LogP contribution in [0.25, 0.3) is 0 Å². The van der Waals surface area contributed by atoms with Crippen molar-refractivity contribution in [2.45, 2.75) is 18.9 Å². The minimum Gasteiger partial charge on any atom is -0.497 e. The van der Waals surface area contributed by atoms with Gasteiger partial charge in [0.05, 0.1) is 13.7 Å². The van der Waals surface area contributed by atoms with Crippen LogP contribution in [0.3, 0.4) is 0 Å². The molecule has 148 valence electrons. The van der Waals surface area contributed by atoms with Gasteiger partial charge in [-0.2, -0.15) is 0 Å². The molecule has 0 saturated carbocycles. The van der Waals surface area contributed by atoms with Crippen LogP contribution in [0.1, 0.15) is 24.4 Å². The molecule has 0 N–H and O–H groups in total. The summed E-state index contributed by atoms with van der Waals surface area (Å²) in [6.07, 6.45) is 2.24. The molecule has 2 heterocycles. The summed E-state index contributed by atoms with van der Waals surface area (Å²) in [5.74, 6) is 1.13. The third-order valence-electron chi connectivity index (χ3n) is 5.93. The highest BCUT2D eigenvalue weighted by Gasteiger charge is 2.30. The number of likely N-dealkylation sites (tertiary alicyclic amines) is 1. The molecule has 5 nitrogen and oxygen atoms in total. The molecule has 1 atom stereocenters. The zero-order chi connectivity index (χ0) is 19.3. The number of nitrogens with zero attached hydrogens (tertiary/aromatic N) is 3. The van der Waals surface area contributed by atoms with Crippen LogP contribution < -0.4 is 9.64 Å². The first kappa shape index (κ1) is 18.8. The molecule has 0 bridgehead atoms. The minimum absolute atomic E-state index is 0.252. The molecule has 2 aromatic carbocycles. The molecule has 0 unspecified atom stereocenters. The summed E-state index contributed by atoms with van der Waals surface area (Å²) in [6.45, 7) is 4.88. The Morgan fingerprint density at radius 3 is 2.54 bits per heavy atom. The summed E-state index contributed by atoms with van der Waals surface area (Å²) < 4.78 is 5.37. The number of anilines is 1. The second-order valence-electron chi connectivity index (χ2n) is 7.61. The van der Waals surface area contributed by atoms with Crippen LogP contribution in [0.15, 0.2) is 54.6 Å². The van der Waals surface area contributed by atoms with Crippen molar-refractivity contribution >= 4 is 11.6 Å². The van der Waals surface area contributed by atoms with Crippen LogP contribution in [0.5, 0.6) is 5.75 Å². The quantitative estimate of drug-likeness (QED) is 0.799. The van der Waals surface area contributed by atoms with Gasteiger partial charge in [0, 0.05) is 37.9 Å². The summed E-state index contributed by atoms with van der Waals surface area (Å²) >= 11 is 0. The maximum atomic E-state index is 12.9. The smallest absolute Gasteiger partial charge is 0.236 e. The standard InChI is InChI=1S/C23H29N3O2/c1-28-21-10-5-7-19(17-21)22-11-6-12-26(22)18-23(27)25-15-13-24(14-16-25)20-8-3-2-4-9-20/h2-5,7-10,17,22H,6,11-16,18H2,1H3/t22-/m0/s1. The van der Waals surface area contributed by atoms with E-state index in [9.17, 15) is 4.79 Å². The van der Waals surface area contributed by atoms with E-state index in [1.165, 1.54) is 11.3 Å². The van der Waals surface area contributed by atoms with Gasteiger partial charge in [-0.1, -0.05) is 30.3 Å². The number of benzene rings is 2. The SMILES string of the molecule is COc1cccc([C@@H]2CCCN2CC(=O)N2CCN(c3ccccc3)CC2)c1. The van der Waals surface area contributed by atoms with E-state index in [2.05, 4.69) is 46.2 Å². The lowest BCUT2D eigenvalue weighted by Crippen LogP contribution is -2.51. The maximum Gasteiger partial charge on any atom is 0.236 e. The van der Waals surface area contributed by atoms with Gasteiger partial charge in [0.1, 0.15) is 5.75 Å². The van der Waals surface area contributed by atoms with Crippen LogP contribution in [-0.2, 0) is 4.79 Å². The van der Waals surface area contributed by atoms with E-state index in [0.717, 1.165) is 51.3 Å². The number of rotatable bonds is 5. The van der Waals surface area contributed by atoms with Crippen LogP contribution in [0.4, 0.5) is 5.69 Å². The molecule has 1 amide bonds. The van der Waals surface area contributed by atoms with E-state index in [-0.39, 0.29) is 5.91 Å². The highest BCUT2D eigenvalue weighted by molar-refractivity contribution is 5.78. The molecular formula is C23H29N3O2. The largest absolute Gasteiger partial charge is 0.497 e. The van der Waals surface area contributed by atoms with Crippen molar-refractivity contribution in [3.63, 3.8) is 0 Å². The number of carbonyl (C=O) groups excluding carboxylic acids is 1. The molecule has 0 spiro atoms. The van der Waals surface area contributed by atoms with E-state index >= 15 is 0 Å². The van der Waals surface area contributed by atoms with Crippen LogP contribution in [-0.4, -0.2) is 62.1 Å². The number of amides is 1. The first-order valence-corrected chi connectivity index (χ1v) is 10.2. The summed E-state index contributed by atoms with van der Waals surface area (Å²) in [6, 6.07) is 19.0. The van der Waals surface area contributed by atoms with Gasteiger partial charge in [-0.3, -0.25) is 9.69 Å². The Kier molecular flexibility index (Phi) is 5.81. The van der Waals surface area contributed by atoms with Gasteiger partial charge >= 0.3 is 0 Å². The van der Waals surface area contributed by atoms with Crippen molar-refractivity contribution in [1.82, 2.24) is 9.80 Å². The summed E-state index contributed by atoms with van der Waals surface area (Å²) in [7, 11) is 1.70. The molecule has 2 aliphatic rings. The van der Waals surface area contributed by atoms with E-state index in [4.69, 9.17) is 4.74 Å². The second-order valence-corrected chi connectivity index (χ2v) is 7.61. The fourth-order valence-corrected chi connectivity index (χ4v) is 4.37. The number of hydrogen-bond donors (Lipinski definition) is 0. The second kappa shape index (κ2) is 8.65. The fraction of sp³-hybridized carbons (Fsp3) is 0.435. The van der Waals surface area contributed by atoms with Gasteiger partial charge in [0.15, 0.2) is 0 Å². The molecule has 0 radical (unpaired) electrons. The summed E-state index contributed by atoms with van der Waals surface area (Å²) in [5.41, 5.74) is 2.49. The number of para-hydroxylation sites is 1. The Morgan fingerprint density at radius 2 is 1.79 bits per heavy atom. The van der Waals surface area contributed by atoms with E-state index in [1.54, 1.807) is 7.11 Å². The van der Waals surface area contributed by atoms with Crippen molar-refractivity contribution in [3.05, 3.63) is 60.2 Å². The third kappa shape index (κ3) is 4.14. The zero-order valence-electron chi connectivity index (χ0n) is 16.6. The highest BCUT2D eigenvalue weighted by Crippen LogP contribution is 2.33.